The molecule has 0 saturated heterocycles. The molecule has 2 heterocycles. The Hall–Kier alpha value is -1.79. The molecule has 2 N–H and O–H groups in total. The highest BCUT2D eigenvalue weighted by molar-refractivity contribution is 5.74. The first-order valence-electron chi connectivity index (χ1n) is 3.62. The van der Waals surface area contributed by atoms with Gasteiger partial charge in [-0.15, -0.1) is 0 Å². The van der Waals surface area contributed by atoms with Gasteiger partial charge in [0.05, 0.1) is 11.1 Å². The number of halogens is 3. The number of alkyl halides is 3. The fourth-order valence-corrected chi connectivity index (χ4v) is 1.17. The monoisotopic (exact) mass is 203 g/mol. The largest absolute Gasteiger partial charge is 0.418 e. The number of H-pyrrole nitrogens is 2. The van der Waals surface area contributed by atoms with Crippen molar-refractivity contribution >= 4 is 11.2 Å². The zero-order valence-electron chi connectivity index (χ0n) is 6.64. The Morgan fingerprint density at radius 1 is 1.29 bits per heavy atom. The van der Waals surface area contributed by atoms with E-state index < -0.39 is 17.4 Å². The van der Waals surface area contributed by atoms with Crippen molar-refractivity contribution in [2.75, 3.05) is 0 Å². The minimum atomic E-state index is -4.49. The zero-order chi connectivity index (χ0) is 10.3. The van der Waals surface area contributed by atoms with Gasteiger partial charge in [-0.3, -0.25) is 4.98 Å². The molecule has 0 bridgehead atoms. The van der Waals surface area contributed by atoms with Crippen molar-refractivity contribution in [3.05, 3.63) is 28.3 Å². The third-order valence-corrected chi connectivity index (χ3v) is 1.73. The first-order valence-corrected chi connectivity index (χ1v) is 3.62. The van der Waals surface area contributed by atoms with Crippen molar-refractivity contribution in [3.8, 4) is 0 Å². The molecule has 14 heavy (non-hydrogen) atoms. The Labute approximate surface area is 74.8 Å². The van der Waals surface area contributed by atoms with E-state index in [9.17, 15) is 18.0 Å². The molecule has 2 rings (SSSR count). The second-order valence-corrected chi connectivity index (χ2v) is 2.66. The lowest BCUT2D eigenvalue weighted by Crippen LogP contribution is -2.06. The Morgan fingerprint density at radius 3 is 2.64 bits per heavy atom. The van der Waals surface area contributed by atoms with Crippen molar-refractivity contribution < 1.29 is 13.2 Å². The molecule has 2 aromatic rings. The van der Waals surface area contributed by atoms with E-state index in [1.165, 1.54) is 0 Å². The SMILES string of the molecule is O=c1[nH]c2nccc(C(F)(F)F)c2[nH]1. The molecule has 0 amide bonds. The Morgan fingerprint density at radius 2 is 2.00 bits per heavy atom. The van der Waals surface area contributed by atoms with E-state index >= 15 is 0 Å². The number of rotatable bonds is 0. The summed E-state index contributed by atoms with van der Waals surface area (Å²) in [4.78, 5) is 18.5. The lowest BCUT2D eigenvalue weighted by atomic mass is 10.2. The summed E-state index contributed by atoms with van der Waals surface area (Å²) in [5.74, 6) is 0. The highest BCUT2D eigenvalue weighted by atomic mass is 19.4. The molecule has 7 heteroatoms. The Kier molecular flexibility index (Phi) is 1.63. The average molecular weight is 203 g/mol. The third kappa shape index (κ3) is 1.26. The molecule has 0 saturated carbocycles. The molecule has 0 aliphatic carbocycles. The lowest BCUT2D eigenvalue weighted by Gasteiger charge is -2.05. The van der Waals surface area contributed by atoms with Gasteiger partial charge in [0.15, 0.2) is 5.65 Å². The van der Waals surface area contributed by atoms with Crippen LogP contribution >= 0.6 is 0 Å². The van der Waals surface area contributed by atoms with Gasteiger partial charge >= 0.3 is 11.9 Å². The molecule has 74 valence electrons. The summed E-state index contributed by atoms with van der Waals surface area (Å²) in [7, 11) is 0. The highest BCUT2D eigenvalue weighted by Crippen LogP contribution is 2.32. The van der Waals surface area contributed by atoms with Gasteiger partial charge in [-0.25, -0.2) is 9.78 Å². The maximum atomic E-state index is 12.4. The molecular weight excluding hydrogens is 199 g/mol. The summed E-state index contributed by atoms with van der Waals surface area (Å²) in [6, 6.07) is 0.812. The van der Waals surface area contributed by atoms with Crippen molar-refractivity contribution in [3.63, 3.8) is 0 Å². The molecule has 0 aliphatic rings. The van der Waals surface area contributed by atoms with E-state index in [1.807, 2.05) is 4.98 Å². The standard InChI is InChI=1S/C7H4F3N3O/c8-7(9,10)3-1-2-11-5-4(3)12-6(14)13-5/h1-2H,(H2,11,12,13,14). The maximum Gasteiger partial charge on any atom is 0.418 e. The molecule has 0 unspecified atom stereocenters. The van der Waals surface area contributed by atoms with Gasteiger partial charge in [-0.2, -0.15) is 13.2 Å². The summed E-state index contributed by atoms with van der Waals surface area (Å²) >= 11 is 0. The maximum absolute atomic E-state index is 12.4. The van der Waals surface area contributed by atoms with Gasteiger partial charge in [-0.05, 0) is 6.07 Å². The van der Waals surface area contributed by atoms with Crippen LogP contribution in [0.4, 0.5) is 13.2 Å². The van der Waals surface area contributed by atoms with Gasteiger partial charge < -0.3 is 4.98 Å². The van der Waals surface area contributed by atoms with E-state index in [1.54, 1.807) is 0 Å². The van der Waals surface area contributed by atoms with Crippen LogP contribution in [-0.4, -0.2) is 15.0 Å². The smallest absolute Gasteiger partial charge is 0.304 e. The van der Waals surface area contributed by atoms with Crippen molar-refractivity contribution in [2.45, 2.75) is 6.18 Å². The van der Waals surface area contributed by atoms with Gasteiger partial charge in [-0.1, -0.05) is 0 Å². The van der Waals surface area contributed by atoms with E-state index in [4.69, 9.17) is 0 Å². The van der Waals surface area contributed by atoms with Crippen LogP contribution in [0.5, 0.6) is 0 Å². The average Bonchev–Trinajstić information content (AvgIpc) is 2.41. The van der Waals surface area contributed by atoms with Crippen molar-refractivity contribution in [2.24, 2.45) is 0 Å². The van der Waals surface area contributed by atoms with Crippen LogP contribution in [0.2, 0.25) is 0 Å². The Bertz CT molecular complexity index is 525. The number of imidazole rings is 1. The number of nitrogens with one attached hydrogen (secondary N) is 2. The third-order valence-electron chi connectivity index (χ3n) is 1.73. The fourth-order valence-electron chi connectivity index (χ4n) is 1.17. The molecule has 0 aliphatic heterocycles. The van der Waals surface area contributed by atoms with E-state index in [2.05, 4.69) is 9.97 Å². The van der Waals surface area contributed by atoms with Crippen molar-refractivity contribution in [1.82, 2.24) is 15.0 Å². The van der Waals surface area contributed by atoms with Crippen LogP contribution in [0.15, 0.2) is 17.1 Å². The Balaban J connectivity index is 2.83. The number of aromatic amines is 2. The van der Waals surface area contributed by atoms with E-state index in [-0.39, 0.29) is 11.2 Å². The van der Waals surface area contributed by atoms with E-state index in [0.717, 1.165) is 12.3 Å². The van der Waals surface area contributed by atoms with Crippen LogP contribution in [0, 0.1) is 0 Å². The summed E-state index contributed by atoms with van der Waals surface area (Å²) in [5.41, 5.74) is -2.01. The quantitative estimate of drug-likeness (QED) is 0.677. The molecule has 2 aromatic heterocycles. The number of pyridine rings is 1. The highest BCUT2D eigenvalue weighted by Gasteiger charge is 2.33. The van der Waals surface area contributed by atoms with Gasteiger partial charge in [0.25, 0.3) is 0 Å². The molecule has 0 radical (unpaired) electrons. The van der Waals surface area contributed by atoms with Crippen LogP contribution in [0.3, 0.4) is 0 Å². The topological polar surface area (TPSA) is 61.5 Å². The van der Waals surface area contributed by atoms with Gasteiger partial charge in [0.1, 0.15) is 0 Å². The number of fused-ring (bicyclic) bond motifs is 1. The van der Waals surface area contributed by atoms with Crippen LogP contribution in [0.25, 0.3) is 11.2 Å². The minimum Gasteiger partial charge on any atom is -0.304 e. The second kappa shape index (κ2) is 2.60. The number of nitrogens with zero attached hydrogens (tertiary/aromatic N) is 1. The van der Waals surface area contributed by atoms with Crippen LogP contribution in [0.1, 0.15) is 5.56 Å². The molecule has 4 nitrogen and oxygen atoms in total. The fraction of sp³-hybridized carbons (Fsp3) is 0.143. The molecule has 0 spiro atoms. The molecule has 0 atom stereocenters. The second-order valence-electron chi connectivity index (χ2n) is 2.66. The number of aromatic nitrogens is 3. The first-order chi connectivity index (χ1) is 6.48. The summed E-state index contributed by atoms with van der Waals surface area (Å²) < 4.78 is 37.1. The minimum absolute atomic E-state index is 0.0928. The summed E-state index contributed by atoms with van der Waals surface area (Å²) in [6.45, 7) is 0. The predicted octanol–water partition coefficient (Wildman–Crippen LogP) is 1.27. The van der Waals surface area contributed by atoms with Gasteiger partial charge in [0.2, 0.25) is 0 Å². The van der Waals surface area contributed by atoms with Crippen LogP contribution in [-0.2, 0) is 6.18 Å². The zero-order valence-corrected chi connectivity index (χ0v) is 6.64. The van der Waals surface area contributed by atoms with Gasteiger partial charge in [0, 0.05) is 6.20 Å². The summed E-state index contributed by atoms with van der Waals surface area (Å²) in [5, 5.41) is 0. The summed E-state index contributed by atoms with van der Waals surface area (Å²) in [6.07, 6.45) is -3.50. The van der Waals surface area contributed by atoms with Crippen LogP contribution < -0.4 is 5.69 Å². The normalized spacial score (nSPS) is 12.2. The van der Waals surface area contributed by atoms with Crippen molar-refractivity contribution in [1.29, 1.82) is 0 Å². The molecule has 0 fully saturated rings. The molecule has 0 aromatic carbocycles. The molecular formula is C7H4F3N3O. The predicted molar refractivity (Wildman–Crippen MR) is 41.7 cm³/mol. The first kappa shape index (κ1) is 8.79. The van der Waals surface area contributed by atoms with E-state index in [0.29, 0.717) is 0 Å². The lowest BCUT2D eigenvalue weighted by molar-refractivity contribution is -0.136. The number of hydrogen-bond donors (Lipinski definition) is 2. The number of hydrogen-bond acceptors (Lipinski definition) is 2.